The van der Waals surface area contributed by atoms with Gasteiger partial charge in [0.15, 0.2) is 11.5 Å². The van der Waals surface area contributed by atoms with E-state index in [1.807, 2.05) is 25.1 Å². The van der Waals surface area contributed by atoms with E-state index in [1.54, 1.807) is 29.2 Å². The number of carbonyl (C=O) groups excluding carboxylic acids is 2. The largest absolute Gasteiger partial charge is 0.454 e. The van der Waals surface area contributed by atoms with Gasteiger partial charge in [0.05, 0.1) is 11.9 Å². The number of benzene rings is 2. The Balaban J connectivity index is 1.48. The van der Waals surface area contributed by atoms with Crippen molar-refractivity contribution in [2.45, 2.75) is 76.9 Å². The van der Waals surface area contributed by atoms with Crippen LogP contribution in [0, 0.1) is 0 Å². The topological polar surface area (TPSA) is 105 Å². The molecule has 1 aliphatic heterocycles. The molecule has 0 aromatic heterocycles. The highest BCUT2D eigenvalue weighted by Crippen LogP contribution is 2.36. The molecular formula is C29H38ClN3O6S. The van der Waals surface area contributed by atoms with Crippen molar-refractivity contribution in [3.63, 3.8) is 0 Å². The Morgan fingerprint density at radius 2 is 1.80 bits per heavy atom. The lowest BCUT2D eigenvalue weighted by atomic mass is 9.95. The van der Waals surface area contributed by atoms with Crippen LogP contribution in [0.3, 0.4) is 0 Å². The maximum Gasteiger partial charge on any atom is 0.243 e. The third kappa shape index (κ3) is 7.60. The van der Waals surface area contributed by atoms with Gasteiger partial charge in [-0.15, -0.1) is 0 Å². The van der Waals surface area contributed by atoms with Crippen molar-refractivity contribution >= 4 is 39.1 Å². The second-order valence-corrected chi connectivity index (χ2v) is 12.7. The Hall–Kier alpha value is -2.98. The smallest absolute Gasteiger partial charge is 0.243 e. The molecule has 1 fully saturated rings. The summed E-state index contributed by atoms with van der Waals surface area (Å²) in [6.07, 6.45) is 7.15. The first-order valence-corrected chi connectivity index (χ1v) is 16.1. The van der Waals surface area contributed by atoms with E-state index in [1.165, 1.54) is 10.7 Å². The number of rotatable bonds is 12. The summed E-state index contributed by atoms with van der Waals surface area (Å²) in [5.41, 5.74) is 1.19. The lowest BCUT2D eigenvalue weighted by Crippen LogP contribution is -2.51. The van der Waals surface area contributed by atoms with E-state index in [-0.39, 0.29) is 50.6 Å². The molecule has 9 nitrogen and oxygen atoms in total. The number of anilines is 1. The van der Waals surface area contributed by atoms with Crippen molar-refractivity contribution in [3.05, 3.63) is 53.1 Å². The molecule has 2 aromatic carbocycles. The molecular weight excluding hydrogens is 554 g/mol. The fourth-order valence-corrected chi connectivity index (χ4v) is 6.47. The quantitative estimate of drug-likeness (QED) is 0.377. The number of sulfonamides is 1. The lowest BCUT2D eigenvalue weighted by Gasteiger charge is -2.33. The molecule has 0 saturated heterocycles. The molecule has 0 unspecified atom stereocenters. The highest BCUT2D eigenvalue weighted by Gasteiger charge is 2.31. The predicted octanol–water partition coefficient (Wildman–Crippen LogP) is 4.87. The fourth-order valence-electron chi connectivity index (χ4n) is 5.32. The summed E-state index contributed by atoms with van der Waals surface area (Å²) in [5.74, 6) is 0.639. The molecule has 4 rings (SSSR count). The van der Waals surface area contributed by atoms with Crippen LogP contribution in [0.1, 0.15) is 63.9 Å². The average molecular weight is 592 g/mol. The molecule has 1 aliphatic carbocycles. The van der Waals surface area contributed by atoms with Crippen molar-refractivity contribution in [1.29, 1.82) is 0 Å². The maximum absolute atomic E-state index is 13.7. The summed E-state index contributed by atoms with van der Waals surface area (Å²) in [4.78, 5) is 28.7. The Bertz CT molecular complexity index is 1300. The number of hydrogen-bond donors (Lipinski definition) is 1. The van der Waals surface area contributed by atoms with Crippen LogP contribution in [0.15, 0.2) is 42.5 Å². The Labute approximate surface area is 241 Å². The molecule has 0 bridgehead atoms. The number of hydrogen-bond acceptors (Lipinski definition) is 6. The molecule has 2 aliphatic rings. The van der Waals surface area contributed by atoms with E-state index in [4.69, 9.17) is 21.1 Å². The monoisotopic (exact) mass is 591 g/mol. The predicted molar refractivity (Wildman–Crippen MR) is 155 cm³/mol. The standard InChI is InChI=1S/C29H38ClN3O6S/c1-3-25(29(35)31-22-11-5-4-6-12-22)32(19-21-10-7-8-13-24(21)30)28(34)14-9-17-33(40(2,36)37)23-15-16-26-27(18-23)39-20-38-26/h7-8,10,13,15-16,18,22,25H,3-6,9,11-12,14,17,19-20H2,1-2H3,(H,31,35)/t25-/m0/s1. The van der Waals surface area contributed by atoms with Crippen LogP contribution in [0.25, 0.3) is 0 Å². The van der Waals surface area contributed by atoms with Crippen LogP contribution in [0.2, 0.25) is 5.02 Å². The minimum Gasteiger partial charge on any atom is -0.454 e. The maximum atomic E-state index is 13.7. The normalized spacial score (nSPS) is 15.9. The van der Waals surface area contributed by atoms with Gasteiger partial charge in [-0.2, -0.15) is 0 Å². The minimum atomic E-state index is -3.63. The molecule has 218 valence electrons. The second kappa shape index (κ2) is 13.6. The fraction of sp³-hybridized carbons (Fsp3) is 0.517. The average Bonchev–Trinajstić information content (AvgIpc) is 3.40. The zero-order valence-electron chi connectivity index (χ0n) is 23.1. The third-order valence-corrected chi connectivity index (χ3v) is 9.00. The number of fused-ring (bicyclic) bond motifs is 1. The van der Waals surface area contributed by atoms with Crippen LogP contribution in [0.5, 0.6) is 11.5 Å². The van der Waals surface area contributed by atoms with Gasteiger partial charge in [-0.25, -0.2) is 8.42 Å². The van der Waals surface area contributed by atoms with Gasteiger partial charge in [0.1, 0.15) is 6.04 Å². The zero-order chi connectivity index (χ0) is 28.7. The first kappa shape index (κ1) is 30.0. The highest BCUT2D eigenvalue weighted by molar-refractivity contribution is 7.92. The van der Waals surface area contributed by atoms with Crippen molar-refractivity contribution in [3.8, 4) is 11.5 Å². The van der Waals surface area contributed by atoms with E-state index in [0.717, 1.165) is 37.5 Å². The zero-order valence-corrected chi connectivity index (χ0v) is 24.7. The molecule has 1 saturated carbocycles. The van der Waals surface area contributed by atoms with Gasteiger partial charge in [-0.05, 0) is 49.4 Å². The van der Waals surface area contributed by atoms with Gasteiger partial charge in [0.2, 0.25) is 28.6 Å². The summed E-state index contributed by atoms with van der Waals surface area (Å²) >= 11 is 6.43. The van der Waals surface area contributed by atoms with Crippen molar-refractivity contribution in [2.75, 3.05) is 23.9 Å². The van der Waals surface area contributed by atoms with Crippen LogP contribution in [-0.4, -0.2) is 56.8 Å². The summed E-state index contributed by atoms with van der Waals surface area (Å²) < 4.78 is 37.3. The number of carbonyl (C=O) groups is 2. The molecule has 2 aromatic rings. The SMILES string of the molecule is CC[C@@H](C(=O)NC1CCCCC1)N(Cc1ccccc1Cl)C(=O)CCCN(c1ccc2c(c1)OCO2)S(C)(=O)=O. The van der Waals surface area contributed by atoms with Gasteiger partial charge in [-0.3, -0.25) is 13.9 Å². The lowest BCUT2D eigenvalue weighted by molar-refractivity contribution is -0.141. The van der Waals surface area contributed by atoms with E-state index in [9.17, 15) is 18.0 Å². The third-order valence-electron chi connectivity index (χ3n) is 7.43. The van der Waals surface area contributed by atoms with Gasteiger partial charge >= 0.3 is 0 Å². The first-order valence-electron chi connectivity index (χ1n) is 13.9. The van der Waals surface area contributed by atoms with Crippen LogP contribution < -0.4 is 19.1 Å². The van der Waals surface area contributed by atoms with Gasteiger partial charge in [0.25, 0.3) is 0 Å². The second-order valence-electron chi connectivity index (χ2n) is 10.4. The van der Waals surface area contributed by atoms with E-state index in [0.29, 0.717) is 28.6 Å². The van der Waals surface area contributed by atoms with Crippen molar-refractivity contribution < 1.29 is 27.5 Å². The van der Waals surface area contributed by atoms with Crippen molar-refractivity contribution in [2.24, 2.45) is 0 Å². The number of nitrogens with zero attached hydrogens (tertiary/aromatic N) is 2. The number of nitrogens with one attached hydrogen (secondary N) is 1. The molecule has 0 radical (unpaired) electrons. The van der Waals surface area contributed by atoms with Crippen LogP contribution in [-0.2, 0) is 26.2 Å². The molecule has 40 heavy (non-hydrogen) atoms. The molecule has 11 heteroatoms. The van der Waals surface area contributed by atoms with E-state index < -0.39 is 16.1 Å². The first-order chi connectivity index (χ1) is 19.2. The molecule has 1 heterocycles. The van der Waals surface area contributed by atoms with Crippen LogP contribution >= 0.6 is 11.6 Å². The van der Waals surface area contributed by atoms with Crippen LogP contribution in [0.4, 0.5) is 5.69 Å². The van der Waals surface area contributed by atoms with E-state index in [2.05, 4.69) is 5.32 Å². The Morgan fingerprint density at radius 3 is 2.50 bits per heavy atom. The summed E-state index contributed by atoms with van der Waals surface area (Å²) in [6.45, 7) is 2.26. The number of amides is 2. The summed E-state index contributed by atoms with van der Waals surface area (Å²) in [5, 5.41) is 3.69. The minimum absolute atomic E-state index is 0.0637. The number of halogens is 1. The van der Waals surface area contributed by atoms with Crippen molar-refractivity contribution in [1.82, 2.24) is 10.2 Å². The molecule has 1 atom stereocenters. The number of ether oxygens (including phenoxy) is 2. The summed E-state index contributed by atoms with van der Waals surface area (Å²) in [6, 6.07) is 11.7. The highest BCUT2D eigenvalue weighted by atomic mass is 35.5. The molecule has 1 N–H and O–H groups in total. The molecule has 0 spiro atoms. The van der Waals surface area contributed by atoms with Gasteiger partial charge < -0.3 is 19.7 Å². The van der Waals surface area contributed by atoms with Gasteiger partial charge in [0, 0.05) is 36.6 Å². The Morgan fingerprint density at radius 1 is 1.07 bits per heavy atom. The summed E-state index contributed by atoms with van der Waals surface area (Å²) in [7, 11) is -3.63. The van der Waals surface area contributed by atoms with E-state index >= 15 is 0 Å². The molecule has 2 amide bonds. The van der Waals surface area contributed by atoms with Gasteiger partial charge in [-0.1, -0.05) is 56.0 Å². The Kier molecular flexibility index (Phi) is 10.2.